The zero-order valence-corrected chi connectivity index (χ0v) is 13.5. The van der Waals surface area contributed by atoms with Crippen LogP contribution in [0.3, 0.4) is 0 Å². The molecule has 122 valence electrons. The topological polar surface area (TPSA) is 53.4 Å². The number of fused-ring (bicyclic) bond motifs is 3. The van der Waals surface area contributed by atoms with Crippen LogP contribution in [0, 0.1) is 5.41 Å². The average Bonchev–Trinajstić information content (AvgIpc) is 2.94. The van der Waals surface area contributed by atoms with E-state index in [0.717, 1.165) is 5.71 Å². The largest absolute Gasteiger partial charge is 0.448 e. The quantitative estimate of drug-likeness (QED) is 0.907. The molecule has 1 fully saturated rings. The fourth-order valence-corrected chi connectivity index (χ4v) is 3.64. The van der Waals surface area contributed by atoms with Crippen LogP contribution < -0.4 is 0 Å². The van der Waals surface area contributed by atoms with E-state index in [2.05, 4.69) is 24.3 Å². The number of hydrogen-bond donors (Lipinski definition) is 1. The van der Waals surface area contributed by atoms with E-state index in [0.29, 0.717) is 32.5 Å². The van der Waals surface area contributed by atoms with E-state index in [-0.39, 0.29) is 12.0 Å². The van der Waals surface area contributed by atoms with Gasteiger partial charge < -0.3 is 15.0 Å². The summed E-state index contributed by atoms with van der Waals surface area (Å²) in [6.07, 6.45) is 1.05. The van der Waals surface area contributed by atoms with Crippen LogP contribution >= 0.6 is 0 Å². The van der Waals surface area contributed by atoms with Crippen molar-refractivity contribution >= 4 is 11.8 Å². The molecule has 24 heavy (non-hydrogen) atoms. The molecule has 2 aromatic carbocycles. The Hall–Kier alpha value is -2.62. The lowest BCUT2D eigenvalue weighted by Crippen LogP contribution is -2.39. The highest BCUT2D eigenvalue weighted by molar-refractivity contribution is 5.84. The minimum atomic E-state index is -0.260. The van der Waals surface area contributed by atoms with Gasteiger partial charge in [0.15, 0.2) is 0 Å². The Morgan fingerprint density at radius 3 is 2.12 bits per heavy atom. The molecule has 4 heteroatoms. The van der Waals surface area contributed by atoms with Gasteiger partial charge in [-0.15, -0.1) is 0 Å². The minimum absolute atomic E-state index is 0.101. The average molecular weight is 320 g/mol. The van der Waals surface area contributed by atoms with Gasteiger partial charge in [-0.1, -0.05) is 48.5 Å². The fraction of sp³-hybridized carbons (Fsp3) is 0.300. The lowest BCUT2D eigenvalue weighted by atomic mass is 9.98. The van der Waals surface area contributed by atoms with Crippen molar-refractivity contribution in [2.45, 2.75) is 18.8 Å². The molecule has 1 amide bonds. The van der Waals surface area contributed by atoms with E-state index < -0.39 is 0 Å². The molecule has 1 saturated heterocycles. The molecule has 4 nitrogen and oxygen atoms in total. The van der Waals surface area contributed by atoms with E-state index in [1.54, 1.807) is 4.90 Å². The summed E-state index contributed by atoms with van der Waals surface area (Å²) in [7, 11) is 0. The Labute approximate surface area is 141 Å². The highest BCUT2D eigenvalue weighted by Crippen LogP contribution is 2.44. The van der Waals surface area contributed by atoms with Gasteiger partial charge in [0.25, 0.3) is 0 Å². The number of carbonyl (C=O) groups is 1. The summed E-state index contributed by atoms with van der Waals surface area (Å²) in [4.78, 5) is 14.0. The normalized spacial score (nSPS) is 16.7. The van der Waals surface area contributed by atoms with Crippen LogP contribution in [0.25, 0.3) is 11.1 Å². The third-order valence-corrected chi connectivity index (χ3v) is 4.96. The van der Waals surface area contributed by atoms with Crippen molar-refractivity contribution < 1.29 is 9.53 Å². The van der Waals surface area contributed by atoms with Gasteiger partial charge in [0.05, 0.1) is 0 Å². The number of carbonyl (C=O) groups excluding carboxylic acids is 1. The van der Waals surface area contributed by atoms with E-state index in [1.165, 1.54) is 22.3 Å². The van der Waals surface area contributed by atoms with E-state index in [4.69, 9.17) is 10.1 Å². The number of amides is 1. The number of hydrogen-bond acceptors (Lipinski definition) is 3. The number of ether oxygens (including phenoxy) is 1. The maximum atomic E-state index is 12.3. The number of piperidine rings is 1. The maximum absolute atomic E-state index is 12.3. The lowest BCUT2D eigenvalue weighted by molar-refractivity contribution is 0.0995. The van der Waals surface area contributed by atoms with Crippen LogP contribution in [0.5, 0.6) is 0 Å². The fourth-order valence-electron chi connectivity index (χ4n) is 3.64. The Kier molecular flexibility index (Phi) is 3.81. The Balaban J connectivity index is 1.51. The second-order valence-electron chi connectivity index (χ2n) is 6.39. The standard InChI is InChI=1S/C20H20N2O2/c21-14-9-11-22(12-10-14)20(23)24-13-19-17-7-3-1-5-15(17)16-6-2-4-8-18(16)19/h1-8,19,21H,9-13H2. The van der Waals surface area contributed by atoms with Gasteiger partial charge in [-0.3, -0.25) is 0 Å². The van der Waals surface area contributed by atoms with Crippen LogP contribution in [-0.2, 0) is 4.74 Å². The summed E-state index contributed by atoms with van der Waals surface area (Å²) in [6, 6.07) is 16.7. The zero-order valence-electron chi connectivity index (χ0n) is 13.5. The number of nitrogens with zero attached hydrogens (tertiary/aromatic N) is 1. The highest BCUT2D eigenvalue weighted by Gasteiger charge is 2.30. The molecule has 0 saturated carbocycles. The molecule has 0 aromatic heterocycles. The first-order chi connectivity index (χ1) is 11.7. The molecule has 0 unspecified atom stereocenters. The van der Waals surface area contributed by atoms with Gasteiger partial charge in [-0.2, -0.15) is 0 Å². The Morgan fingerprint density at radius 1 is 1.00 bits per heavy atom. The summed E-state index contributed by atoms with van der Waals surface area (Å²) in [5.74, 6) is 0.101. The van der Waals surface area contributed by atoms with Gasteiger partial charge in [-0.25, -0.2) is 4.79 Å². The first-order valence-corrected chi connectivity index (χ1v) is 8.40. The molecule has 1 heterocycles. The number of nitrogens with one attached hydrogen (secondary N) is 1. The predicted octanol–water partition coefficient (Wildman–Crippen LogP) is 4.05. The van der Waals surface area contributed by atoms with Crippen molar-refractivity contribution in [2.75, 3.05) is 19.7 Å². The van der Waals surface area contributed by atoms with Crippen molar-refractivity contribution in [3.8, 4) is 11.1 Å². The highest BCUT2D eigenvalue weighted by atomic mass is 16.6. The zero-order chi connectivity index (χ0) is 16.5. The third-order valence-electron chi connectivity index (χ3n) is 4.96. The van der Waals surface area contributed by atoms with E-state index in [9.17, 15) is 4.79 Å². The van der Waals surface area contributed by atoms with E-state index >= 15 is 0 Å². The smallest absolute Gasteiger partial charge is 0.409 e. The third kappa shape index (κ3) is 2.58. The molecule has 1 N–H and O–H groups in total. The van der Waals surface area contributed by atoms with Gasteiger partial charge in [-0.05, 0) is 22.3 Å². The van der Waals surface area contributed by atoms with Crippen molar-refractivity contribution in [3.63, 3.8) is 0 Å². The predicted molar refractivity (Wildman–Crippen MR) is 93.6 cm³/mol. The maximum Gasteiger partial charge on any atom is 0.409 e. The van der Waals surface area contributed by atoms with Gasteiger partial charge in [0, 0.05) is 37.6 Å². The summed E-state index contributed by atoms with van der Waals surface area (Å²) in [5.41, 5.74) is 5.65. The first kappa shape index (κ1) is 14.9. The SMILES string of the molecule is N=C1CCN(C(=O)OCC2c3ccccc3-c3ccccc32)CC1. The van der Waals surface area contributed by atoms with Crippen LogP contribution in [0.4, 0.5) is 4.79 Å². The molecule has 1 aliphatic carbocycles. The number of likely N-dealkylation sites (tertiary alicyclic amines) is 1. The Bertz CT molecular complexity index is 744. The molecule has 0 spiro atoms. The van der Waals surface area contributed by atoms with Crippen molar-refractivity contribution in [3.05, 3.63) is 59.7 Å². The summed E-state index contributed by atoms with van der Waals surface area (Å²) >= 11 is 0. The van der Waals surface area contributed by atoms with Crippen molar-refractivity contribution in [1.29, 1.82) is 5.41 Å². The minimum Gasteiger partial charge on any atom is -0.448 e. The molecule has 4 rings (SSSR count). The number of benzene rings is 2. The Morgan fingerprint density at radius 2 is 1.54 bits per heavy atom. The number of rotatable bonds is 2. The molecular weight excluding hydrogens is 300 g/mol. The molecule has 1 aliphatic heterocycles. The molecule has 0 bridgehead atoms. The van der Waals surface area contributed by atoms with Gasteiger partial charge in [0.2, 0.25) is 0 Å². The van der Waals surface area contributed by atoms with E-state index in [1.807, 2.05) is 24.3 Å². The summed E-state index contributed by atoms with van der Waals surface area (Å²) in [5, 5.41) is 7.64. The second-order valence-corrected chi connectivity index (χ2v) is 6.39. The molecule has 2 aromatic rings. The lowest BCUT2D eigenvalue weighted by Gasteiger charge is -2.27. The second kappa shape index (κ2) is 6.11. The molecule has 0 atom stereocenters. The molecule has 2 aliphatic rings. The molecule has 0 radical (unpaired) electrons. The van der Waals surface area contributed by atoms with Crippen molar-refractivity contribution in [1.82, 2.24) is 4.90 Å². The van der Waals surface area contributed by atoms with Gasteiger partial charge in [0.1, 0.15) is 6.61 Å². The van der Waals surface area contributed by atoms with Crippen LogP contribution in [-0.4, -0.2) is 36.4 Å². The first-order valence-electron chi connectivity index (χ1n) is 8.40. The van der Waals surface area contributed by atoms with Crippen LogP contribution in [0.1, 0.15) is 29.9 Å². The molecular formula is C20H20N2O2. The van der Waals surface area contributed by atoms with Crippen LogP contribution in [0.2, 0.25) is 0 Å². The van der Waals surface area contributed by atoms with Gasteiger partial charge >= 0.3 is 6.09 Å². The summed E-state index contributed by atoms with van der Waals surface area (Å²) in [6.45, 7) is 1.55. The van der Waals surface area contributed by atoms with Crippen molar-refractivity contribution in [2.24, 2.45) is 0 Å². The van der Waals surface area contributed by atoms with Crippen LogP contribution in [0.15, 0.2) is 48.5 Å². The monoisotopic (exact) mass is 320 g/mol. The summed E-state index contributed by atoms with van der Waals surface area (Å²) < 4.78 is 5.63.